The van der Waals surface area contributed by atoms with Gasteiger partial charge in [-0.05, 0) is 50.4 Å². The quantitative estimate of drug-likeness (QED) is 0.483. The van der Waals surface area contributed by atoms with Gasteiger partial charge in [-0.3, -0.25) is 9.59 Å². The van der Waals surface area contributed by atoms with Crippen LogP contribution < -0.4 is 5.32 Å². The maximum absolute atomic E-state index is 13.0. The van der Waals surface area contributed by atoms with Crippen molar-refractivity contribution in [3.05, 3.63) is 69.2 Å². The molecule has 1 N–H and O–H groups in total. The zero-order chi connectivity index (χ0) is 21.3. The number of Topliss-reactive ketones (excluding diaryl/α,β-unsaturated/α-hetero) is 1. The molecule has 0 aliphatic heterocycles. The highest BCUT2D eigenvalue weighted by Gasteiger charge is 2.31. The lowest BCUT2D eigenvalue weighted by atomic mass is 10.1. The normalized spacial score (nSPS) is 12.6. The molecule has 1 atom stereocenters. The summed E-state index contributed by atoms with van der Waals surface area (Å²) in [5.41, 5.74) is -0.0161. The second-order valence-electron chi connectivity index (χ2n) is 6.55. The van der Waals surface area contributed by atoms with Crippen molar-refractivity contribution in [3.8, 4) is 5.69 Å². The Morgan fingerprint density at radius 1 is 1.17 bits per heavy atom. The van der Waals surface area contributed by atoms with Crippen molar-refractivity contribution in [2.75, 3.05) is 0 Å². The van der Waals surface area contributed by atoms with Gasteiger partial charge in [0.05, 0.1) is 34.2 Å². The maximum atomic E-state index is 13.0. The van der Waals surface area contributed by atoms with Crippen LogP contribution in [0.15, 0.2) is 41.8 Å². The van der Waals surface area contributed by atoms with Gasteiger partial charge in [-0.2, -0.15) is 18.3 Å². The molecule has 0 radical (unpaired) electrons. The summed E-state index contributed by atoms with van der Waals surface area (Å²) in [6, 6.07) is 7.99. The zero-order valence-corrected chi connectivity index (χ0v) is 16.7. The SMILES string of the molecule is Cc1nn(-c2cccc(C(F)(F)F)c2)c(C)c1C(=O)C(=O)NC(C)c1cccs1. The monoisotopic (exact) mass is 421 g/mol. The molecule has 5 nitrogen and oxygen atoms in total. The lowest BCUT2D eigenvalue weighted by Crippen LogP contribution is -2.33. The van der Waals surface area contributed by atoms with E-state index in [1.807, 2.05) is 17.5 Å². The standard InChI is InChI=1S/C20H18F3N3O2S/c1-11(16-8-5-9-29-16)24-19(28)18(27)17-12(2)25-26(13(17)3)15-7-4-6-14(10-15)20(21,22)23/h4-11H,1-3H3,(H,24,28). The number of aryl methyl sites for hydroxylation is 1. The van der Waals surface area contributed by atoms with Crippen molar-refractivity contribution in [1.82, 2.24) is 15.1 Å². The van der Waals surface area contributed by atoms with E-state index in [4.69, 9.17) is 0 Å². The number of nitrogens with one attached hydrogen (secondary N) is 1. The number of rotatable bonds is 5. The van der Waals surface area contributed by atoms with Crippen molar-refractivity contribution in [2.24, 2.45) is 0 Å². The number of halogens is 3. The van der Waals surface area contributed by atoms with Crippen LogP contribution in [0.3, 0.4) is 0 Å². The number of carbonyl (C=O) groups is 2. The van der Waals surface area contributed by atoms with E-state index in [0.29, 0.717) is 5.69 Å². The van der Waals surface area contributed by atoms with Gasteiger partial charge in [-0.15, -0.1) is 11.3 Å². The summed E-state index contributed by atoms with van der Waals surface area (Å²) in [5.74, 6) is -1.57. The molecular weight excluding hydrogens is 403 g/mol. The molecule has 9 heteroatoms. The van der Waals surface area contributed by atoms with E-state index < -0.39 is 23.4 Å². The molecule has 152 valence electrons. The third-order valence-electron chi connectivity index (χ3n) is 4.46. The second kappa shape index (κ2) is 7.82. The third kappa shape index (κ3) is 4.24. The second-order valence-corrected chi connectivity index (χ2v) is 7.52. The molecule has 2 heterocycles. The van der Waals surface area contributed by atoms with E-state index in [1.165, 1.54) is 28.2 Å². The van der Waals surface area contributed by atoms with Gasteiger partial charge in [0.25, 0.3) is 11.7 Å². The van der Waals surface area contributed by atoms with E-state index in [2.05, 4.69) is 10.4 Å². The van der Waals surface area contributed by atoms with E-state index in [1.54, 1.807) is 20.8 Å². The molecule has 2 aromatic heterocycles. The van der Waals surface area contributed by atoms with Crippen molar-refractivity contribution in [3.63, 3.8) is 0 Å². The number of alkyl halides is 3. The van der Waals surface area contributed by atoms with Crippen LogP contribution in [-0.2, 0) is 11.0 Å². The summed E-state index contributed by atoms with van der Waals surface area (Å²) >= 11 is 1.46. The first-order chi connectivity index (χ1) is 13.6. The van der Waals surface area contributed by atoms with Gasteiger partial charge < -0.3 is 5.32 Å². The topological polar surface area (TPSA) is 64.0 Å². The fraction of sp³-hybridized carbons (Fsp3) is 0.250. The van der Waals surface area contributed by atoms with Crippen LogP contribution in [0.5, 0.6) is 0 Å². The largest absolute Gasteiger partial charge is 0.416 e. The first-order valence-electron chi connectivity index (χ1n) is 8.72. The Balaban J connectivity index is 1.89. The van der Waals surface area contributed by atoms with Crippen molar-refractivity contribution in [2.45, 2.75) is 33.0 Å². The number of nitrogens with zero attached hydrogens (tertiary/aromatic N) is 2. The lowest BCUT2D eigenvalue weighted by molar-refractivity contribution is -0.137. The van der Waals surface area contributed by atoms with Crippen molar-refractivity contribution >= 4 is 23.0 Å². The fourth-order valence-electron chi connectivity index (χ4n) is 3.02. The molecule has 0 spiro atoms. The molecule has 0 aliphatic rings. The zero-order valence-electron chi connectivity index (χ0n) is 15.9. The average Bonchev–Trinajstić information content (AvgIpc) is 3.29. The summed E-state index contributed by atoms with van der Waals surface area (Å²) in [7, 11) is 0. The Morgan fingerprint density at radius 2 is 1.90 bits per heavy atom. The Bertz CT molecular complexity index is 1060. The van der Waals surface area contributed by atoms with Crippen molar-refractivity contribution in [1.29, 1.82) is 0 Å². The molecule has 0 fully saturated rings. The summed E-state index contributed by atoms with van der Waals surface area (Å²) < 4.78 is 40.3. The van der Waals surface area contributed by atoms with Gasteiger partial charge in [0.15, 0.2) is 0 Å². The van der Waals surface area contributed by atoms with E-state index in [0.717, 1.165) is 17.0 Å². The number of amides is 1. The number of aromatic nitrogens is 2. The molecule has 0 aliphatic carbocycles. The first kappa shape index (κ1) is 20.8. The molecule has 0 saturated heterocycles. The number of hydrogen-bond donors (Lipinski definition) is 1. The Labute approximate surface area is 169 Å². The maximum Gasteiger partial charge on any atom is 0.416 e. The number of benzene rings is 1. The minimum absolute atomic E-state index is 0.0818. The van der Waals surface area contributed by atoms with Gasteiger partial charge in [0.1, 0.15) is 0 Å². The number of thiophene rings is 1. The van der Waals surface area contributed by atoms with Crippen LogP contribution in [-0.4, -0.2) is 21.5 Å². The fourth-order valence-corrected chi connectivity index (χ4v) is 3.76. The highest BCUT2D eigenvalue weighted by molar-refractivity contribution is 7.10. The minimum Gasteiger partial charge on any atom is -0.342 e. The molecule has 0 saturated carbocycles. The molecular formula is C20H18F3N3O2S. The highest BCUT2D eigenvalue weighted by Crippen LogP contribution is 2.31. The van der Waals surface area contributed by atoms with E-state index >= 15 is 0 Å². The van der Waals surface area contributed by atoms with Gasteiger partial charge in [0.2, 0.25) is 0 Å². The smallest absolute Gasteiger partial charge is 0.342 e. The molecule has 3 aromatic rings. The summed E-state index contributed by atoms with van der Waals surface area (Å²) in [6.45, 7) is 4.85. The van der Waals surface area contributed by atoms with Crippen LogP contribution in [0.25, 0.3) is 5.69 Å². The van der Waals surface area contributed by atoms with Gasteiger partial charge >= 0.3 is 6.18 Å². The highest BCUT2D eigenvalue weighted by atomic mass is 32.1. The summed E-state index contributed by atoms with van der Waals surface area (Å²) in [6.07, 6.45) is -4.50. The Hall–Kier alpha value is -2.94. The van der Waals surface area contributed by atoms with Crippen molar-refractivity contribution < 1.29 is 22.8 Å². The Morgan fingerprint density at radius 3 is 2.52 bits per heavy atom. The number of ketones is 1. The number of carbonyl (C=O) groups excluding carboxylic acids is 2. The predicted octanol–water partition coefficient (Wildman–Crippen LogP) is 4.63. The summed E-state index contributed by atoms with van der Waals surface area (Å²) in [4.78, 5) is 26.1. The van der Waals surface area contributed by atoms with Gasteiger partial charge in [-0.25, -0.2) is 4.68 Å². The number of hydrogen-bond acceptors (Lipinski definition) is 4. The first-order valence-corrected chi connectivity index (χ1v) is 9.60. The third-order valence-corrected chi connectivity index (χ3v) is 5.52. The van der Waals surface area contributed by atoms with Crippen LogP contribution in [0.2, 0.25) is 0 Å². The van der Waals surface area contributed by atoms with E-state index in [-0.39, 0.29) is 23.0 Å². The molecule has 29 heavy (non-hydrogen) atoms. The minimum atomic E-state index is -4.50. The predicted molar refractivity (Wildman–Crippen MR) is 103 cm³/mol. The summed E-state index contributed by atoms with van der Waals surface area (Å²) in [5, 5.41) is 8.70. The molecule has 1 amide bonds. The van der Waals surface area contributed by atoms with Crippen LogP contribution >= 0.6 is 11.3 Å². The average molecular weight is 421 g/mol. The molecule has 1 unspecified atom stereocenters. The van der Waals surface area contributed by atoms with Crippen LogP contribution in [0, 0.1) is 13.8 Å². The molecule has 3 rings (SSSR count). The van der Waals surface area contributed by atoms with Crippen LogP contribution in [0.1, 0.15) is 45.2 Å². The van der Waals surface area contributed by atoms with E-state index in [9.17, 15) is 22.8 Å². The van der Waals surface area contributed by atoms with Gasteiger partial charge in [0, 0.05) is 4.88 Å². The molecule has 0 bridgehead atoms. The molecule has 1 aromatic carbocycles. The Kier molecular flexibility index (Phi) is 5.61. The lowest BCUT2D eigenvalue weighted by Gasteiger charge is -2.12. The van der Waals surface area contributed by atoms with Crippen LogP contribution in [0.4, 0.5) is 13.2 Å². The van der Waals surface area contributed by atoms with Gasteiger partial charge in [-0.1, -0.05) is 12.1 Å².